The van der Waals surface area contributed by atoms with Gasteiger partial charge in [-0.05, 0) is 50.3 Å². The zero-order chi connectivity index (χ0) is 16.5. The highest BCUT2D eigenvalue weighted by Crippen LogP contribution is 2.29. The fourth-order valence-corrected chi connectivity index (χ4v) is 3.91. The molecule has 1 unspecified atom stereocenters. The molecule has 2 aliphatic rings. The van der Waals surface area contributed by atoms with Gasteiger partial charge in [-0.3, -0.25) is 4.79 Å². The zero-order valence-electron chi connectivity index (χ0n) is 13.7. The first-order valence-corrected chi connectivity index (χ1v) is 9.18. The van der Waals surface area contributed by atoms with E-state index in [9.17, 15) is 4.79 Å². The van der Waals surface area contributed by atoms with Crippen LogP contribution in [0.4, 0.5) is 6.01 Å². The van der Waals surface area contributed by atoms with Gasteiger partial charge in [0.25, 0.3) is 6.01 Å². The molecule has 2 saturated heterocycles. The molecule has 2 aliphatic heterocycles. The van der Waals surface area contributed by atoms with Crippen molar-refractivity contribution in [3.8, 4) is 0 Å². The second-order valence-electron chi connectivity index (χ2n) is 6.78. The van der Waals surface area contributed by atoms with Crippen LogP contribution in [0.3, 0.4) is 0 Å². The van der Waals surface area contributed by atoms with E-state index in [4.69, 9.17) is 16.0 Å². The first kappa shape index (κ1) is 15.8. The third-order valence-corrected chi connectivity index (χ3v) is 5.28. The Morgan fingerprint density at radius 1 is 1.17 bits per heavy atom. The van der Waals surface area contributed by atoms with E-state index in [1.54, 1.807) is 6.07 Å². The maximum absolute atomic E-state index is 12.8. The molecular weight excluding hydrogens is 326 g/mol. The van der Waals surface area contributed by atoms with Crippen LogP contribution < -0.4 is 4.90 Å². The molecule has 1 aromatic carbocycles. The van der Waals surface area contributed by atoms with Gasteiger partial charge in [-0.1, -0.05) is 11.6 Å². The lowest BCUT2D eigenvalue weighted by atomic mass is 9.96. The molecule has 0 bridgehead atoms. The third kappa shape index (κ3) is 3.09. The van der Waals surface area contributed by atoms with Crippen LogP contribution in [0.25, 0.3) is 11.1 Å². The molecule has 24 heavy (non-hydrogen) atoms. The summed E-state index contributed by atoms with van der Waals surface area (Å²) in [7, 11) is 0. The zero-order valence-corrected chi connectivity index (χ0v) is 14.5. The van der Waals surface area contributed by atoms with Crippen molar-refractivity contribution in [2.75, 3.05) is 31.1 Å². The molecule has 0 spiro atoms. The fourth-order valence-electron chi connectivity index (χ4n) is 3.75. The molecule has 2 fully saturated rings. The first-order chi connectivity index (χ1) is 11.7. The summed E-state index contributed by atoms with van der Waals surface area (Å²) in [6.07, 6.45) is 5.45. The number of nitrogens with zero attached hydrogens (tertiary/aromatic N) is 3. The van der Waals surface area contributed by atoms with Crippen LogP contribution >= 0.6 is 11.6 Å². The van der Waals surface area contributed by atoms with Gasteiger partial charge in [-0.2, -0.15) is 4.98 Å². The van der Waals surface area contributed by atoms with E-state index in [0.29, 0.717) is 23.5 Å². The number of aromatic nitrogens is 1. The van der Waals surface area contributed by atoms with Crippen molar-refractivity contribution in [3.63, 3.8) is 0 Å². The number of amides is 1. The summed E-state index contributed by atoms with van der Waals surface area (Å²) in [5.41, 5.74) is 1.50. The first-order valence-electron chi connectivity index (χ1n) is 8.80. The Labute approximate surface area is 146 Å². The van der Waals surface area contributed by atoms with Gasteiger partial charge in [0.05, 0.1) is 5.92 Å². The van der Waals surface area contributed by atoms with Crippen LogP contribution in [-0.2, 0) is 4.79 Å². The van der Waals surface area contributed by atoms with Gasteiger partial charge >= 0.3 is 0 Å². The number of likely N-dealkylation sites (tertiary alicyclic amines) is 1. The number of benzene rings is 1. The molecule has 0 aliphatic carbocycles. The van der Waals surface area contributed by atoms with Gasteiger partial charge in [-0.15, -0.1) is 0 Å². The molecule has 128 valence electrons. The summed E-state index contributed by atoms with van der Waals surface area (Å²) in [5, 5.41) is 0.652. The molecule has 1 atom stereocenters. The van der Waals surface area contributed by atoms with E-state index in [1.165, 1.54) is 6.42 Å². The lowest BCUT2D eigenvalue weighted by Gasteiger charge is -2.35. The smallest absolute Gasteiger partial charge is 0.298 e. The van der Waals surface area contributed by atoms with Crippen LogP contribution in [-0.4, -0.2) is 42.0 Å². The number of fused-ring (bicyclic) bond motifs is 1. The van der Waals surface area contributed by atoms with E-state index in [2.05, 4.69) is 9.88 Å². The fraction of sp³-hybridized carbons (Fsp3) is 0.556. The van der Waals surface area contributed by atoms with Crippen molar-refractivity contribution in [2.24, 2.45) is 5.92 Å². The third-order valence-electron chi connectivity index (χ3n) is 5.05. The Morgan fingerprint density at radius 2 is 2.00 bits per heavy atom. The van der Waals surface area contributed by atoms with E-state index in [0.717, 1.165) is 56.4 Å². The Hall–Kier alpha value is -1.75. The highest BCUT2D eigenvalue weighted by atomic mass is 35.5. The molecule has 1 amide bonds. The minimum Gasteiger partial charge on any atom is -0.423 e. The predicted molar refractivity (Wildman–Crippen MR) is 94.4 cm³/mol. The number of carbonyl (C=O) groups excluding carboxylic acids is 1. The Morgan fingerprint density at radius 3 is 2.83 bits per heavy atom. The van der Waals surface area contributed by atoms with E-state index in [1.807, 2.05) is 17.0 Å². The van der Waals surface area contributed by atoms with E-state index < -0.39 is 0 Å². The topological polar surface area (TPSA) is 49.6 Å². The average Bonchev–Trinajstić information content (AvgIpc) is 3.05. The van der Waals surface area contributed by atoms with Crippen molar-refractivity contribution in [1.29, 1.82) is 0 Å². The molecule has 0 radical (unpaired) electrons. The van der Waals surface area contributed by atoms with Gasteiger partial charge in [0.2, 0.25) is 5.91 Å². The second kappa shape index (κ2) is 6.63. The van der Waals surface area contributed by atoms with Crippen molar-refractivity contribution >= 4 is 34.6 Å². The summed E-state index contributed by atoms with van der Waals surface area (Å²) < 4.78 is 5.87. The number of carbonyl (C=O) groups is 1. The molecule has 0 N–H and O–H groups in total. The summed E-state index contributed by atoms with van der Waals surface area (Å²) in [4.78, 5) is 21.5. The second-order valence-corrected chi connectivity index (χ2v) is 7.22. The average molecular weight is 348 g/mol. The van der Waals surface area contributed by atoms with Crippen LogP contribution in [0, 0.1) is 5.92 Å². The van der Waals surface area contributed by atoms with Gasteiger partial charge < -0.3 is 14.2 Å². The number of hydrogen-bond acceptors (Lipinski definition) is 4. The monoisotopic (exact) mass is 347 g/mol. The lowest BCUT2D eigenvalue weighted by Crippen LogP contribution is -2.46. The minimum absolute atomic E-state index is 0.0513. The van der Waals surface area contributed by atoms with Gasteiger partial charge in [0.15, 0.2) is 5.58 Å². The molecule has 2 aromatic rings. The number of oxazole rings is 1. The van der Waals surface area contributed by atoms with Crippen molar-refractivity contribution in [3.05, 3.63) is 23.2 Å². The van der Waals surface area contributed by atoms with Crippen molar-refractivity contribution < 1.29 is 9.21 Å². The number of hydrogen-bond donors (Lipinski definition) is 0. The maximum atomic E-state index is 12.8. The van der Waals surface area contributed by atoms with Crippen LogP contribution in [0.5, 0.6) is 0 Å². The summed E-state index contributed by atoms with van der Waals surface area (Å²) in [6, 6.07) is 6.06. The minimum atomic E-state index is 0.0513. The number of piperidine rings is 2. The van der Waals surface area contributed by atoms with Gasteiger partial charge in [0, 0.05) is 31.2 Å². The molecule has 0 saturated carbocycles. The molecule has 4 rings (SSSR count). The number of rotatable bonds is 2. The van der Waals surface area contributed by atoms with Crippen LogP contribution in [0.15, 0.2) is 22.6 Å². The Balaban J connectivity index is 1.50. The van der Waals surface area contributed by atoms with E-state index >= 15 is 0 Å². The number of anilines is 1. The van der Waals surface area contributed by atoms with Crippen molar-refractivity contribution in [2.45, 2.75) is 32.1 Å². The Kier molecular flexibility index (Phi) is 4.35. The summed E-state index contributed by atoms with van der Waals surface area (Å²) >= 11 is 6.02. The van der Waals surface area contributed by atoms with Crippen molar-refractivity contribution in [1.82, 2.24) is 9.88 Å². The molecule has 3 heterocycles. The SMILES string of the molecule is O=C(C1CCCN(c2nc3cc(Cl)ccc3o2)C1)N1CCCCC1. The largest absolute Gasteiger partial charge is 0.423 e. The number of halogens is 1. The lowest BCUT2D eigenvalue weighted by molar-refractivity contribution is -0.136. The maximum Gasteiger partial charge on any atom is 0.298 e. The molecule has 6 heteroatoms. The molecular formula is C18H22ClN3O2. The predicted octanol–water partition coefficient (Wildman–Crippen LogP) is 3.71. The summed E-state index contributed by atoms with van der Waals surface area (Å²) in [5.74, 6) is 0.356. The molecule has 1 aromatic heterocycles. The van der Waals surface area contributed by atoms with Gasteiger partial charge in [0.1, 0.15) is 5.52 Å². The van der Waals surface area contributed by atoms with Crippen LogP contribution in [0.2, 0.25) is 5.02 Å². The summed E-state index contributed by atoms with van der Waals surface area (Å²) in [6.45, 7) is 3.40. The Bertz CT molecular complexity index is 739. The highest BCUT2D eigenvalue weighted by molar-refractivity contribution is 6.31. The normalized spacial score (nSPS) is 22.1. The highest BCUT2D eigenvalue weighted by Gasteiger charge is 2.31. The van der Waals surface area contributed by atoms with E-state index in [-0.39, 0.29) is 5.92 Å². The molecule has 5 nitrogen and oxygen atoms in total. The van der Waals surface area contributed by atoms with Crippen LogP contribution in [0.1, 0.15) is 32.1 Å². The quantitative estimate of drug-likeness (QED) is 0.831. The standard InChI is InChI=1S/C18H22ClN3O2/c19-14-6-7-16-15(11-14)20-18(24-16)22-10-4-5-13(12-22)17(23)21-8-2-1-3-9-21/h6-7,11,13H,1-5,8-10,12H2. The van der Waals surface area contributed by atoms with Gasteiger partial charge in [-0.25, -0.2) is 0 Å².